The van der Waals surface area contributed by atoms with Crippen molar-refractivity contribution < 1.29 is 14.7 Å². The molecule has 126 valence electrons. The fourth-order valence-corrected chi connectivity index (χ4v) is 2.46. The van der Waals surface area contributed by atoms with Crippen molar-refractivity contribution in [1.29, 1.82) is 0 Å². The first-order valence-electron chi connectivity index (χ1n) is 7.58. The summed E-state index contributed by atoms with van der Waals surface area (Å²) in [6.45, 7) is 0.289. The number of carboxylic acid groups (broad SMARTS) is 1. The Morgan fingerprint density at radius 2 is 1.88 bits per heavy atom. The molecule has 2 aromatic heterocycles. The van der Waals surface area contributed by atoms with Gasteiger partial charge in [-0.2, -0.15) is 0 Å². The van der Waals surface area contributed by atoms with Crippen LogP contribution in [0.25, 0.3) is 5.69 Å². The average Bonchev–Trinajstić information content (AvgIpc) is 3.10. The number of para-hydroxylation sites is 1. The second kappa shape index (κ2) is 6.96. The number of pyridine rings is 1. The van der Waals surface area contributed by atoms with Crippen LogP contribution in [0, 0.1) is 0 Å². The molecule has 0 spiro atoms. The third-order valence-corrected chi connectivity index (χ3v) is 3.68. The number of hydrogen-bond acceptors (Lipinski definition) is 4. The minimum atomic E-state index is -1.01. The Morgan fingerprint density at radius 3 is 2.60 bits per heavy atom. The summed E-state index contributed by atoms with van der Waals surface area (Å²) < 4.78 is 1.64. The van der Waals surface area contributed by atoms with E-state index in [1.54, 1.807) is 60.4 Å². The second-order valence-electron chi connectivity index (χ2n) is 5.47. The molecule has 7 heteroatoms. The highest BCUT2D eigenvalue weighted by Gasteiger charge is 2.15. The zero-order chi connectivity index (χ0) is 17.8. The Morgan fingerprint density at radius 1 is 1.12 bits per heavy atom. The van der Waals surface area contributed by atoms with Crippen LogP contribution in [0.15, 0.2) is 61.2 Å². The molecule has 2 heterocycles. The lowest BCUT2D eigenvalue weighted by molar-refractivity contribution is 0.0696. The van der Waals surface area contributed by atoms with E-state index in [0.29, 0.717) is 17.1 Å². The van der Waals surface area contributed by atoms with Gasteiger partial charge in [-0.15, -0.1) is 0 Å². The molecule has 3 aromatic rings. The molecule has 0 fully saturated rings. The van der Waals surface area contributed by atoms with Crippen molar-refractivity contribution in [2.45, 2.75) is 6.54 Å². The van der Waals surface area contributed by atoms with Gasteiger partial charge in [0.15, 0.2) is 0 Å². The number of amides is 1. The van der Waals surface area contributed by atoms with E-state index in [-0.39, 0.29) is 18.0 Å². The number of carboxylic acids is 1. The number of benzene rings is 1. The highest BCUT2D eigenvalue weighted by atomic mass is 16.4. The smallest absolute Gasteiger partial charge is 0.337 e. The van der Waals surface area contributed by atoms with Crippen molar-refractivity contribution in [3.63, 3.8) is 0 Å². The molecular weight excluding hydrogens is 320 g/mol. The Balaban J connectivity index is 1.79. The van der Waals surface area contributed by atoms with E-state index in [9.17, 15) is 14.7 Å². The molecule has 0 aliphatic heterocycles. The van der Waals surface area contributed by atoms with Gasteiger partial charge in [0.05, 0.1) is 29.8 Å². The minimum absolute atomic E-state index is 0.185. The summed E-state index contributed by atoms with van der Waals surface area (Å²) in [5.74, 6) is -1.21. The normalized spacial score (nSPS) is 10.4. The van der Waals surface area contributed by atoms with E-state index in [4.69, 9.17) is 0 Å². The maximum atomic E-state index is 12.3. The fourth-order valence-electron chi connectivity index (χ4n) is 2.46. The first-order valence-corrected chi connectivity index (χ1v) is 7.58. The quantitative estimate of drug-likeness (QED) is 0.772. The van der Waals surface area contributed by atoms with E-state index in [1.807, 2.05) is 0 Å². The van der Waals surface area contributed by atoms with Crippen LogP contribution in [0.3, 0.4) is 0 Å². The molecule has 1 N–H and O–H groups in total. The number of rotatable bonds is 5. The third-order valence-electron chi connectivity index (χ3n) is 3.68. The standard InChI is InChI=1S/C18H16N4O3/c1-21(17(23)15-7-4-5-9-19-15)10-13-11-22(12-20-13)16-8-3-2-6-14(16)18(24)25/h2-9,11-12H,10H2,1H3,(H,24,25). The summed E-state index contributed by atoms with van der Waals surface area (Å²) in [4.78, 5) is 33.5. The maximum absolute atomic E-state index is 12.3. The van der Waals surface area contributed by atoms with Crippen LogP contribution in [0.5, 0.6) is 0 Å². The van der Waals surface area contributed by atoms with Crippen molar-refractivity contribution >= 4 is 11.9 Å². The molecule has 0 radical (unpaired) electrons. The molecule has 25 heavy (non-hydrogen) atoms. The van der Waals surface area contributed by atoms with E-state index in [2.05, 4.69) is 9.97 Å². The number of nitrogens with zero attached hydrogens (tertiary/aromatic N) is 4. The monoisotopic (exact) mass is 336 g/mol. The number of aromatic carboxylic acids is 1. The SMILES string of the molecule is CN(Cc1cn(-c2ccccc2C(=O)O)cn1)C(=O)c1ccccn1. The summed E-state index contributed by atoms with van der Waals surface area (Å²) in [5, 5.41) is 9.28. The van der Waals surface area contributed by atoms with Crippen molar-refractivity contribution in [3.8, 4) is 5.69 Å². The van der Waals surface area contributed by atoms with Gasteiger partial charge >= 0.3 is 5.97 Å². The van der Waals surface area contributed by atoms with Crippen molar-refractivity contribution in [3.05, 3.63) is 78.1 Å². The van der Waals surface area contributed by atoms with Gasteiger partial charge in [-0.3, -0.25) is 9.78 Å². The van der Waals surface area contributed by atoms with Gasteiger partial charge in [-0.1, -0.05) is 18.2 Å². The molecule has 1 aromatic carbocycles. The molecule has 0 atom stereocenters. The molecular formula is C18H16N4O3. The number of carbonyl (C=O) groups excluding carboxylic acids is 1. The van der Waals surface area contributed by atoms with Crippen molar-refractivity contribution in [2.75, 3.05) is 7.05 Å². The van der Waals surface area contributed by atoms with Crippen LogP contribution in [0.1, 0.15) is 26.5 Å². The Kier molecular flexibility index (Phi) is 4.56. The maximum Gasteiger partial charge on any atom is 0.337 e. The molecule has 0 aliphatic carbocycles. The first-order chi connectivity index (χ1) is 12.1. The highest BCUT2D eigenvalue weighted by Crippen LogP contribution is 2.15. The summed E-state index contributed by atoms with van der Waals surface area (Å²) in [5.41, 5.74) is 1.71. The van der Waals surface area contributed by atoms with E-state index in [1.165, 1.54) is 17.3 Å². The van der Waals surface area contributed by atoms with Crippen LogP contribution < -0.4 is 0 Å². The number of hydrogen-bond donors (Lipinski definition) is 1. The van der Waals surface area contributed by atoms with Crippen LogP contribution in [0.4, 0.5) is 0 Å². The lowest BCUT2D eigenvalue weighted by Gasteiger charge is -2.15. The van der Waals surface area contributed by atoms with Gasteiger partial charge < -0.3 is 14.6 Å². The zero-order valence-electron chi connectivity index (χ0n) is 13.5. The molecule has 0 unspecified atom stereocenters. The van der Waals surface area contributed by atoms with Crippen LogP contribution >= 0.6 is 0 Å². The largest absolute Gasteiger partial charge is 0.478 e. The van der Waals surface area contributed by atoms with Crippen LogP contribution in [-0.4, -0.2) is 43.5 Å². The molecule has 7 nitrogen and oxygen atoms in total. The molecule has 0 aliphatic rings. The topological polar surface area (TPSA) is 88.3 Å². The Labute approximate surface area is 144 Å². The lowest BCUT2D eigenvalue weighted by atomic mass is 10.2. The first kappa shape index (κ1) is 16.4. The minimum Gasteiger partial charge on any atom is -0.478 e. The second-order valence-corrected chi connectivity index (χ2v) is 5.47. The van der Waals surface area contributed by atoms with E-state index in [0.717, 1.165) is 0 Å². The fraction of sp³-hybridized carbons (Fsp3) is 0.111. The zero-order valence-corrected chi connectivity index (χ0v) is 13.5. The summed E-state index contributed by atoms with van der Waals surface area (Å²) >= 11 is 0. The van der Waals surface area contributed by atoms with E-state index >= 15 is 0 Å². The van der Waals surface area contributed by atoms with Gasteiger partial charge in [0, 0.05) is 19.4 Å². The summed E-state index contributed by atoms with van der Waals surface area (Å²) in [6.07, 6.45) is 4.82. The number of carbonyl (C=O) groups is 2. The Hall–Kier alpha value is -3.48. The predicted molar refractivity (Wildman–Crippen MR) is 90.6 cm³/mol. The van der Waals surface area contributed by atoms with Crippen molar-refractivity contribution in [2.24, 2.45) is 0 Å². The summed E-state index contributed by atoms with van der Waals surface area (Å²) in [7, 11) is 1.67. The lowest BCUT2D eigenvalue weighted by Crippen LogP contribution is -2.27. The molecule has 0 bridgehead atoms. The molecule has 0 saturated heterocycles. The predicted octanol–water partition coefficient (Wildman–Crippen LogP) is 2.24. The van der Waals surface area contributed by atoms with Gasteiger partial charge in [-0.05, 0) is 24.3 Å². The highest BCUT2D eigenvalue weighted by molar-refractivity contribution is 5.92. The number of imidazole rings is 1. The molecule has 1 amide bonds. The summed E-state index contributed by atoms with van der Waals surface area (Å²) in [6, 6.07) is 11.8. The van der Waals surface area contributed by atoms with Crippen molar-refractivity contribution in [1.82, 2.24) is 19.4 Å². The van der Waals surface area contributed by atoms with Gasteiger partial charge in [-0.25, -0.2) is 9.78 Å². The third kappa shape index (κ3) is 3.55. The van der Waals surface area contributed by atoms with E-state index < -0.39 is 5.97 Å². The van der Waals surface area contributed by atoms with Crippen LogP contribution in [-0.2, 0) is 6.54 Å². The van der Waals surface area contributed by atoms with Gasteiger partial charge in [0.1, 0.15) is 5.69 Å². The van der Waals surface area contributed by atoms with Crippen LogP contribution in [0.2, 0.25) is 0 Å². The van der Waals surface area contributed by atoms with Gasteiger partial charge in [0.2, 0.25) is 0 Å². The number of aromatic nitrogens is 3. The Bertz CT molecular complexity index is 905. The molecule has 0 saturated carbocycles. The molecule has 3 rings (SSSR count). The average molecular weight is 336 g/mol. The van der Waals surface area contributed by atoms with Gasteiger partial charge in [0.25, 0.3) is 5.91 Å².